The van der Waals surface area contributed by atoms with Gasteiger partial charge in [-0.05, 0) is 65.4 Å². The van der Waals surface area contributed by atoms with Gasteiger partial charge in [-0.1, -0.05) is 18.2 Å². The van der Waals surface area contributed by atoms with E-state index in [0.717, 1.165) is 9.13 Å². The van der Waals surface area contributed by atoms with E-state index in [0.29, 0.717) is 18.7 Å². The molecule has 0 saturated carbocycles. The molecule has 0 spiro atoms. The Morgan fingerprint density at radius 3 is 2.60 bits per heavy atom. The van der Waals surface area contributed by atoms with Gasteiger partial charge in [0, 0.05) is 22.2 Å². The average molecular weight is 383 g/mol. The van der Waals surface area contributed by atoms with Crippen LogP contribution in [0.3, 0.4) is 0 Å². The van der Waals surface area contributed by atoms with Gasteiger partial charge in [-0.15, -0.1) is 0 Å². The highest BCUT2D eigenvalue weighted by Gasteiger charge is 2.14. The molecule has 0 aromatic heterocycles. The first-order valence-corrected chi connectivity index (χ1v) is 7.47. The van der Waals surface area contributed by atoms with Crippen LogP contribution in [-0.2, 0) is 6.54 Å². The number of nitrogens with zero attached hydrogens (tertiary/aromatic N) is 1. The predicted octanol–water partition coefficient (Wildman–Crippen LogP) is 4.09. The molecule has 0 aliphatic heterocycles. The summed E-state index contributed by atoms with van der Waals surface area (Å²) in [5.41, 5.74) is 1.46. The number of amides is 1. The molecular weight excluding hydrogens is 368 g/mol. The lowest BCUT2D eigenvalue weighted by Crippen LogP contribution is -2.30. The van der Waals surface area contributed by atoms with Crippen LogP contribution < -0.4 is 0 Å². The third-order valence-corrected chi connectivity index (χ3v) is 3.67. The van der Waals surface area contributed by atoms with Crippen molar-refractivity contribution in [3.63, 3.8) is 0 Å². The van der Waals surface area contributed by atoms with Gasteiger partial charge in [0.25, 0.3) is 5.91 Å². The summed E-state index contributed by atoms with van der Waals surface area (Å²) in [5, 5.41) is 0. The van der Waals surface area contributed by atoms with Crippen molar-refractivity contribution in [2.24, 2.45) is 0 Å². The van der Waals surface area contributed by atoms with Gasteiger partial charge in [-0.2, -0.15) is 0 Å². The Balaban J connectivity index is 2.18. The van der Waals surface area contributed by atoms with E-state index < -0.39 is 0 Å². The van der Waals surface area contributed by atoms with Gasteiger partial charge in [0.1, 0.15) is 5.82 Å². The zero-order valence-electron chi connectivity index (χ0n) is 11.1. The fraction of sp³-hybridized carbons (Fsp3) is 0.188. The lowest BCUT2D eigenvalue weighted by atomic mass is 10.1. The summed E-state index contributed by atoms with van der Waals surface area (Å²) in [5.74, 6) is -0.310. The van der Waals surface area contributed by atoms with Crippen molar-refractivity contribution < 1.29 is 9.18 Å². The molecule has 2 rings (SSSR count). The van der Waals surface area contributed by atoms with Crippen LogP contribution in [0.1, 0.15) is 22.8 Å². The normalized spacial score (nSPS) is 10.3. The minimum atomic E-state index is -0.278. The molecule has 0 bridgehead atoms. The molecule has 2 nitrogen and oxygen atoms in total. The van der Waals surface area contributed by atoms with E-state index in [1.54, 1.807) is 17.0 Å². The summed E-state index contributed by atoms with van der Waals surface area (Å²) in [6.45, 7) is 2.92. The van der Waals surface area contributed by atoms with E-state index in [-0.39, 0.29) is 11.7 Å². The molecule has 2 aromatic rings. The van der Waals surface area contributed by atoms with Crippen molar-refractivity contribution in [1.29, 1.82) is 0 Å². The first-order chi connectivity index (χ1) is 9.60. The van der Waals surface area contributed by atoms with Crippen molar-refractivity contribution in [1.82, 2.24) is 4.90 Å². The standard InChI is InChI=1S/C16H15FINO/c1-2-19(11-12-5-3-7-14(17)9-12)16(20)13-6-4-8-15(18)10-13/h3-10H,2,11H2,1H3. The van der Waals surface area contributed by atoms with Crippen molar-refractivity contribution >= 4 is 28.5 Å². The molecule has 4 heteroatoms. The van der Waals surface area contributed by atoms with E-state index in [9.17, 15) is 9.18 Å². The lowest BCUT2D eigenvalue weighted by molar-refractivity contribution is 0.0752. The van der Waals surface area contributed by atoms with Gasteiger partial charge in [-0.25, -0.2) is 4.39 Å². The second-order valence-electron chi connectivity index (χ2n) is 4.46. The molecule has 0 atom stereocenters. The molecule has 0 heterocycles. The Labute approximate surface area is 131 Å². The minimum Gasteiger partial charge on any atom is -0.335 e. The van der Waals surface area contributed by atoms with Crippen LogP contribution in [0.2, 0.25) is 0 Å². The summed E-state index contributed by atoms with van der Waals surface area (Å²) in [6.07, 6.45) is 0. The van der Waals surface area contributed by atoms with Crippen molar-refractivity contribution in [3.8, 4) is 0 Å². The van der Waals surface area contributed by atoms with Crippen LogP contribution in [0, 0.1) is 9.39 Å². The quantitative estimate of drug-likeness (QED) is 0.729. The summed E-state index contributed by atoms with van der Waals surface area (Å²) < 4.78 is 14.2. The maximum Gasteiger partial charge on any atom is 0.254 e. The lowest BCUT2D eigenvalue weighted by Gasteiger charge is -2.21. The first kappa shape index (κ1) is 15.0. The molecule has 0 fully saturated rings. The first-order valence-electron chi connectivity index (χ1n) is 6.39. The van der Waals surface area contributed by atoms with Crippen molar-refractivity contribution in [3.05, 3.63) is 69.0 Å². The average Bonchev–Trinajstić information content (AvgIpc) is 2.44. The van der Waals surface area contributed by atoms with Gasteiger partial charge in [0.2, 0.25) is 0 Å². The minimum absolute atomic E-state index is 0.0322. The second-order valence-corrected chi connectivity index (χ2v) is 5.71. The molecule has 0 radical (unpaired) electrons. The van der Waals surface area contributed by atoms with Crippen molar-refractivity contribution in [2.45, 2.75) is 13.5 Å². The maximum atomic E-state index is 13.2. The monoisotopic (exact) mass is 383 g/mol. The highest BCUT2D eigenvalue weighted by Crippen LogP contribution is 2.13. The molecule has 1 amide bonds. The number of carbonyl (C=O) groups excluding carboxylic acids is 1. The molecule has 0 saturated heterocycles. The summed E-state index contributed by atoms with van der Waals surface area (Å²) >= 11 is 2.18. The Morgan fingerprint density at radius 2 is 1.95 bits per heavy atom. The smallest absolute Gasteiger partial charge is 0.254 e. The molecule has 0 unspecified atom stereocenters. The van der Waals surface area contributed by atoms with Gasteiger partial charge in [0.05, 0.1) is 0 Å². The summed E-state index contributed by atoms with van der Waals surface area (Å²) in [6, 6.07) is 13.8. The van der Waals surface area contributed by atoms with Gasteiger partial charge >= 0.3 is 0 Å². The van der Waals surface area contributed by atoms with E-state index in [4.69, 9.17) is 0 Å². The van der Waals surface area contributed by atoms with Crippen LogP contribution in [-0.4, -0.2) is 17.4 Å². The molecule has 0 N–H and O–H groups in total. The van der Waals surface area contributed by atoms with Crippen molar-refractivity contribution in [2.75, 3.05) is 6.54 Å². The van der Waals surface area contributed by atoms with Gasteiger partial charge < -0.3 is 4.90 Å². The fourth-order valence-electron chi connectivity index (χ4n) is 1.99. The van der Waals surface area contributed by atoms with Crippen LogP contribution in [0.5, 0.6) is 0 Å². The second kappa shape index (κ2) is 6.83. The Hall–Kier alpha value is -1.43. The Morgan fingerprint density at radius 1 is 1.20 bits per heavy atom. The molecular formula is C16H15FINO. The molecule has 0 aliphatic carbocycles. The Bertz CT molecular complexity index is 615. The van der Waals surface area contributed by atoms with E-state index in [1.807, 2.05) is 31.2 Å². The fourth-order valence-corrected chi connectivity index (χ4v) is 2.53. The number of rotatable bonds is 4. The SMILES string of the molecule is CCN(Cc1cccc(F)c1)C(=O)c1cccc(I)c1. The number of hydrogen-bond donors (Lipinski definition) is 0. The number of hydrogen-bond acceptors (Lipinski definition) is 1. The number of benzene rings is 2. The van der Waals surface area contributed by atoms with Gasteiger partial charge in [-0.3, -0.25) is 4.79 Å². The molecule has 2 aromatic carbocycles. The van der Waals surface area contributed by atoms with Crippen LogP contribution in [0.15, 0.2) is 48.5 Å². The molecule has 20 heavy (non-hydrogen) atoms. The largest absolute Gasteiger partial charge is 0.335 e. The molecule has 104 valence electrons. The zero-order valence-corrected chi connectivity index (χ0v) is 13.3. The predicted molar refractivity (Wildman–Crippen MR) is 86.0 cm³/mol. The van der Waals surface area contributed by atoms with E-state index >= 15 is 0 Å². The number of halogens is 2. The molecule has 0 aliphatic rings. The van der Waals surface area contributed by atoms with E-state index in [2.05, 4.69) is 22.6 Å². The summed E-state index contributed by atoms with van der Waals surface area (Å²) in [4.78, 5) is 14.2. The highest BCUT2D eigenvalue weighted by molar-refractivity contribution is 14.1. The van der Waals surface area contributed by atoms with E-state index in [1.165, 1.54) is 12.1 Å². The van der Waals surface area contributed by atoms with Crippen LogP contribution in [0.4, 0.5) is 4.39 Å². The third-order valence-electron chi connectivity index (χ3n) is 3.00. The maximum absolute atomic E-state index is 13.2. The van der Waals surface area contributed by atoms with Gasteiger partial charge in [0.15, 0.2) is 0 Å². The highest BCUT2D eigenvalue weighted by atomic mass is 127. The van der Waals surface area contributed by atoms with Crippen LogP contribution in [0.25, 0.3) is 0 Å². The van der Waals surface area contributed by atoms with Crippen LogP contribution >= 0.6 is 22.6 Å². The number of carbonyl (C=O) groups is 1. The summed E-state index contributed by atoms with van der Waals surface area (Å²) in [7, 11) is 0. The topological polar surface area (TPSA) is 20.3 Å². The third kappa shape index (κ3) is 3.79. The Kier molecular flexibility index (Phi) is 5.11. The zero-order chi connectivity index (χ0) is 14.5.